The Kier molecular flexibility index (Phi) is 4.45. The van der Waals surface area contributed by atoms with Crippen molar-refractivity contribution in [2.45, 2.75) is 20.8 Å². The van der Waals surface area contributed by atoms with Crippen molar-refractivity contribution in [3.8, 4) is 6.01 Å². The second-order valence-electron chi connectivity index (χ2n) is 4.74. The molecule has 2 rings (SSSR count). The van der Waals surface area contributed by atoms with Crippen molar-refractivity contribution >= 4 is 23.4 Å². The molecule has 0 atom stereocenters. The van der Waals surface area contributed by atoms with Gasteiger partial charge in [-0.3, -0.25) is 4.79 Å². The summed E-state index contributed by atoms with van der Waals surface area (Å²) in [5, 5.41) is 0. The van der Waals surface area contributed by atoms with Crippen LogP contribution in [0, 0.1) is 13.8 Å². The van der Waals surface area contributed by atoms with Crippen LogP contribution in [0.3, 0.4) is 0 Å². The first kappa shape index (κ1) is 15.6. The van der Waals surface area contributed by atoms with Gasteiger partial charge in [-0.15, -0.1) is 0 Å². The maximum atomic E-state index is 12.0. The highest BCUT2D eigenvalue weighted by Crippen LogP contribution is 2.22. The molecule has 0 aromatic carbocycles. The molecular formula is C15H17N5O2. The molecule has 2 aromatic rings. The molecule has 2 N–H and O–H groups in total. The smallest absolute Gasteiger partial charge is 0.316 e. The molecule has 2 heterocycles. The van der Waals surface area contributed by atoms with E-state index >= 15 is 0 Å². The first-order chi connectivity index (χ1) is 10.4. The monoisotopic (exact) mass is 299 g/mol. The lowest BCUT2D eigenvalue weighted by atomic mass is 10.0. The zero-order valence-electron chi connectivity index (χ0n) is 12.9. The van der Waals surface area contributed by atoms with E-state index in [2.05, 4.69) is 19.9 Å². The quantitative estimate of drug-likeness (QED) is 0.855. The number of nitrogen functional groups attached to an aromatic ring is 1. The third-order valence-corrected chi connectivity index (χ3v) is 3.13. The molecule has 0 saturated heterocycles. The third kappa shape index (κ3) is 3.25. The molecule has 0 unspecified atom stereocenters. The van der Waals surface area contributed by atoms with Gasteiger partial charge in [-0.25, -0.2) is 19.9 Å². The standard InChI is InChI=1S/C15H17N5O2/c1-8-12(9(2)20-14(16)19-8)5-13(10(3)21)11-6-17-15(22-4)18-7-11/h5-7H,1-4H3,(H2,16,19,20)/b13-5+. The molecule has 0 aliphatic heterocycles. The van der Waals surface area contributed by atoms with Gasteiger partial charge in [-0.2, -0.15) is 0 Å². The highest BCUT2D eigenvalue weighted by atomic mass is 16.5. The SMILES string of the molecule is COc1ncc(/C(=C/c2c(C)nc(N)nc2C)C(C)=O)cn1. The molecule has 0 saturated carbocycles. The lowest BCUT2D eigenvalue weighted by molar-refractivity contribution is -0.111. The number of hydrogen-bond donors (Lipinski definition) is 1. The number of aromatic nitrogens is 4. The highest BCUT2D eigenvalue weighted by Gasteiger charge is 2.12. The molecule has 2 aromatic heterocycles. The van der Waals surface area contributed by atoms with Gasteiger partial charge in [0.25, 0.3) is 0 Å². The molecule has 0 aliphatic carbocycles. The molecular weight excluding hydrogens is 282 g/mol. The molecule has 7 heteroatoms. The van der Waals surface area contributed by atoms with E-state index in [1.807, 2.05) is 13.8 Å². The van der Waals surface area contributed by atoms with Gasteiger partial charge in [0.2, 0.25) is 5.95 Å². The summed E-state index contributed by atoms with van der Waals surface area (Å²) >= 11 is 0. The molecule has 0 radical (unpaired) electrons. The number of carbonyl (C=O) groups excluding carboxylic acids is 1. The van der Waals surface area contributed by atoms with Crippen LogP contribution >= 0.6 is 0 Å². The maximum Gasteiger partial charge on any atom is 0.316 e. The third-order valence-electron chi connectivity index (χ3n) is 3.13. The van der Waals surface area contributed by atoms with E-state index in [4.69, 9.17) is 10.5 Å². The van der Waals surface area contributed by atoms with E-state index in [1.165, 1.54) is 14.0 Å². The van der Waals surface area contributed by atoms with E-state index in [0.717, 1.165) is 5.56 Å². The van der Waals surface area contributed by atoms with Gasteiger partial charge in [-0.1, -0.05) is 0 Å². The van der Waals surface area contributed by atoms with E-state index in [9.17, 15) is 4.79 Å². The minimum atomic E-state index is -0.107. The summed E-state index contributed by atoms with van der Waals surface area (Å²) in [5.74, 6) is 0.105. The van der Waals surface area contributed by atoms with Crippen molar-refractivity contribution in [3.63, 3.8) is 0 Å². The Bertz CT molecular complexity index is 715. The summed E-state index contributed by atoms with van der Waals surface area (Å²) in [7, 11) is 1.48. The zero-order chi connectivity index (χ0) is 16.3. The largest absolute Gasteiger partial charge is 0.467 e. The van der Waals surface area contributed by atoms with Crippen LogP contribution in [0.1, 0.15) is 29.4 Å². The first-order valence-corrected chi connectivity index (χ1v) is 6.62. The van der Waals surface area contributed by atoms with Crippen molar-refractivity contribution in [2.75, 3.05) is 12.8 Å². The summed E-state index contributed by atoms with van der Waals surface area (Å²) in [6.07, 6.45) is 4.82. The first-order valence-electron chi connectivity index (χ1n) is 6.62. The van der Waals surface area contributed by atoms with Crippen LogP contribution in [-0.4, -0.2) is 32.8 Å². The van der Waals surface area contributed by atoms with Crippen molar-refractivity contribution < 1.29 is 9.53 Å². The Morgan fingerprint density at radius 3 is 2.18 bits per heavy atom. The number of aryl methyl sites for hydroxylation is 2. The Hall–Kier alpha value is -2.83. The Balaban J connectivity index is 2.54. The van der Waals surface area contributed by atoms with E-state index in [-0.39, 0.29) is 17.7 Å². The van der Waals surface area contributed by atoms with E-state index in [0.29, 0.717) is 22.5 Å². The fraction of sp³-hybridized carbons (Fsp3) is 0.267. The lowest BCUT2D eigenvalue weighted by Gasteiger charge is -2.08. The van der Waals surface area contributed by atoms with Crippen molar-refractivity contribution in [1.29, 1.82) is 0 Å². The summed E-state index contributed by atoms with van der Waals surface area (Å²) in [6.45, 7) is 5.12. The van der Waals surface area contributed by atoms with Gasteiger partial charge in [0.15, 0.2) is 5.78 Å². The summed E-state index contributed by atoms with van der Waals surface area (Å²) in [4.78, 5) is 28.3. The predicted octanol–water partition coefficient (Wildman–Crippen LogP) is 1.60. The lowest BCUT2D eigenvalue weighted by Crippen LogP contribution is -2.04. The predicted molar refractivity (Wildman–Crippen MR) is 83.1 cm³/mol. The number of nitrogens with zero attached hydrogens (tertiary/aromatic N) is 4. The molecule has 0 amide bonds. The molecule has 0 bridgehead atoms. The second-order valence-corrected chi connectivity index (χ2v) is 4.74. The Morgan fingerprint density at radius 2 is 1.73 bits per heavy atom. The highest BCUT2D eigenvalue weighted by molar-refractivity contribution is 6.24. The average molecular weight is 299 g/mol. The van der Waals surface area contributed by atoms with Crippen LogP contribution in [0.5, 0.6) is 6.01 Å². The number of ketones is 1. The van der Waals surface area contributed by atoms with Gasteiger partial charge < -0.3 is 10.5 Å². The van der Waals surface area contributed by atoms with Crippen LogP contribution in [0.15, 0.2) is 12.4 Å². The fourth-order valence-electron chi connectivity index (χ4n) is 2.05. The van der Waals surface area contributed by atoms with Gasteiger partial charge in [0, 0.05) is 29.1 Å². The number of rotatable bonds is 4. The number of ether oxygens (including phenoxy) is 1. The number of methoxy groups -OCH3 is 1. The van der Waals surface area contributed by atoms with Gasteiger partial charge in [0.1, 0.15) is 0 Å². The van der Waals surface area contributed by atoms with Gasteiger partial charge in [0.05, 0.1) is 18.5 Å². The van der Waals surface area contributed by atoms with Crippen molar-refractivity contribution in [3.05, 3.63) is 34.9 Å². The number of anilines is 1. The second kappa shape index (κ2) is 6.30. The zero-order valence-corrected chi connectivity index (χ0v) is 12.9. The maximum absolute atomic E-state index is 12.0. The summed E-state index contributed by atoms with van der Waals surface area (Å²) < 4.78 is 4.92. The number of Topliss-reactive ketones (excluding diaryl/α,β-unsaturated/α-hetero) is 1. The Morgan fingerprint density at radius 1 is 1.18 bits per heavy atom. The number of nitrogens with two attached hydrogens (primary N) is 1. The van der Waals surface area contributed by atoms with Crippen molar-refractivity contribution in [1.82, 2.24) is 19.9 Å². The Labute approximate surface area is 128 Å². The van der Waals surface area contributed by atoms with Crippen molar-refractivity contribution in [2.24, 2.45) is 0 Å². The summed E-state index contributed by atoms with van der Waals surface area (Å²) in [6, 6.07) is 0.245. The van der Waals surface area contributed by atoms with Crippen LogP contribution < -0.4 is 10.5 Å². The van der Waals surface area contributed by atoms with Crippen LogP contribution in [0.2, 0.25) is 0 Å². The van der Waals surface area contributed by atoms with E-state index < -0.39 is 0 Å². The van der Waals surface area contributed by atoms with Crippen LogP contribution in [0.25, 0.3) is 11.6 Å². The van der Waals surface area contributed by atoms with Crippen LogP contribution in [-0.2, 0) is 4.79 Å². The minimum absolute atomic E-state index is 0.107. The van der Waals surface area contributed by atoms with Gasteiger partial charge in [-0.05, 0) is 26.8 Å². The van der Waals surface area contributed by atoms with Gasteiger partial charge >= 0.3 is 6.01 Å². The number of carbonyl (C=O) groups is 1. The molecule has 7 nitrogen and oxygen atoms in total. The molecule has 22 heavy (non-hydrogen) atoms. The molecule has 0 spiro atoms. The molecule has 114 valence electrons. The number of allylic oxidation sites excluding steroid dienone is 1. The fourth-order valence-corrected chi connectivity index (χ4v) is 2.05. The van der Waals surface area contributed by atoms with E-state index in [1.54, 1.807) is 18.5 Å². The van der Waals surface area contributed by atoms with Crippen LogP contribution in [0.4, 0.5) is 5.95 Å². The minimum Gasteiger partial charge on any atom is -0.467 e. The molecule has 0 aliphatic rings. The normalized spacial score (nSPS) is 11.4. The molecule has 0 fully saturated rings. The average Bonchev–Trinajstić information content (AvgIpc) is 2.46. The number of hydrogen-bond acceptors (Lipinski definition) is 7. The topological polar surface area (TPSA) is 104 Å². The summed E-state index contributed by atoms with van der Waals surface area (Å²) in [5.41, 5.74) is 8.87.